The highest BCUT2D eigenvalue weighted by Crippen LogP contribution is 2.34. The molecular formula is C14H18ClN5S. The Hall–Kier alpha value is -1.11. The number of hydrogen-bond acceptors (Lipinski definition) is 5. The van der Waals surface area contributed by atoms with Gasteiger partial charge in [0.2, 0.25) is 5.16 Å². The van der Waals surface area contributed by atoms with E-state index in [4.69, 9.17) is 17.3 Å². The van der Waals surface area contributed by atoms with Gasteiger partial charge >= 0.3 is 0 Å². The van der Waals surface area contributed by atoms with Crippen LogP contribution in [0.5, 0.6) is 0 Å². The molecule has 21 heavy (non-hydrogen) atoms. The van der Waals surface area contributed by atoms with Crippen molar-refractivity contribution >= 4 is 23.4 Å². The minimum atomic E-state index is 0.439. The summed E-state index contributed by atoms with van der Waals surface area (Å²) in [5, 5.41) is 13.7. The van der Waals surface area contributed by atoms with Crippen molar-refractivity contribution in [2.45, 2.75) is 48.2 Å². The molecule has 1 fully saturated rings. The Morgan fingerprint density at radius 2 is 2.14 bits per heavy atom. The summed E-state index contributed by atoms with van der Waals surface area (Å²) in [5.74, 6) is 0. The monoisotopic (exact) mass is 323 g/mol. The fraction of sp³-hybridized carbons (Fsp3) is 0.500. The molecule has 1 aromatic heterocycles. The molecule has 112 valence electrons. The molecule has 0 spiro atoms. The van der Waals surface area contributed by atoms with Crippen molar-refractivity contribution in [3.05, 3.63) is 28.8 Å². The van der Waals surface area contributed by atoms with Crippen molar-refractivity contribution in [1.29, 1.82) is 0 Å². The summed E-state index contributed by atoms with van der Waals surface area (Å²) in [7, 11) is 0. The quantitative estimate of drug-likeness (QED) is 0.915. The second-order valence-electron chi connectivity index (χ2n) is 5.24. The molecule has 0 saturated heterocycles. The van der Waals surface area contributed by atoms with Gasteiger partial charge in [-0.2, -0.15) is 0 Å². The number of benzene rings is 1. The van der Waals surface area contributed by atoms with Crippen molar-refractivity contribution in [3.63, 3.8) is 0 Å². The summed E-state index contributed by atoms with van der Waals surface area (Å²) in [6.45, 7) is 0.603. The van der Waals surface area contributed by atoms with Crippen LogP contribution in [0.4, 0.5) is 0 Å². The fourth-order valence-electron chi connectivity index (χ4n) is 2.69. The summed E-state index contributed by atoms with van der Waals surface area (Å²) in [4.78, 5) is 1.05. The van der Waals surface area contributed by atoms with Crippen LogP contribution in [0.2, 0.25) is 5.02 Å². The number of tetrazole rings is 1. The molecule has 0 amide bonds. The normalized spacial score (nSPS) is 15.7. The Bertz CT molecular complexity index is 609. The first-order valence-corrected chi connectivity index (χ1v) is 8.41. The molecule has 2 N–H and O–H groups in total. The lowest BCUT2D eigenvalue weighted by atomic mass is 10.1. The molecule has 0 aliphatic heterocycles. The molecule has 7 heteroatoms. The Morgan fingerprint density at radius 1 is 1.33 bits per heavy atom. The second kappa shape index (κ2) is 6.77. The van der Waals surface area contributed by atoms with E-state index in [1.165, 1.54) is 12.8 Å². The third-order valence-corrected chi connectivity index (χ3v) is 5.07. The first-order valence-electron chi connectivity index (χ1n) is 7.22. The fourth-order valence-corrected chi connectivity index (χ4v) is 3.91. The van der Waals surface area contributed by atoms with E-state index in [9.17, 15) is 0 Å². The van der Waals surface area contributed by atoms with Gasteiger partial charge < -0.3 is 5.73 Å². The lowest BCUT2D eigenvalue weighted by Gasteiger charge is -2.11. The van der Waals surface area contributed by atoms with Gasteiger partial charge in [-0.3, -0.25) is 0 Å². The highest BCUT2D eigenvalue weighted by atomic mass is 35.5. The van der Waals surface area contributed by atoms with Crippen LogP contribution in [-0.2, 0) is 6.42 Å². The SMILES string of the molecule is NCCc1ccc(Sc2nnnn2C2CCCC2)cc1Cl. The third-order valence-electron chi connectivity index (χ3n) is 3.78. The average Bonchev–Trinajstić information content (AvgIpc) is 3.12. The molecule has 1 heterocycles. The maximum Gasteiger partial charge on any atom is 0.214 e. The number of nitrogens with two attached hydrogens (primary N) is 1. The minimum absolute atomic E-state index is 0.439. The maximum absolute atomic E-state index is 6.29. The molecule has 5 nitrogen and oxygen atoms in total. The predicted molar refractivity (Wildman–Crippen MR) is 83.7 cm³/mol. The highest BCUT2D eigenvalue weighted by molar-refractivity contribution is 7.99. The van der Waals surface area contributed by atoms with Crippen molar-refractivity contribution in [2.75, 3.05) is 6.54 Å². The molecule has 1 aromatic carbocycles. The Balaban J connectivity index is 1.77. The van der Waals surface area contributed by atoms with Crippen LogP contribution in [0, 0.1) is 0 Å². The molecule has 0 bridgehead atoms. The number of rotatable bonds is 5. The number of halogens is 1. The van der Waals surface area contributed by atoms with Crippen molar-refractivity contribution < 1.29 is 0 Å². The lowest BCUT2D eigenvalue weighted by Crippen LogP contribution is -2.08. The second-order valence-corrected chi connectivity index (χ2v) is 6.69. The zero-order valence-corrected chi connectivity index (χ0v) is 13.3. The minimum Gasteiger partial charge on any atom is -0.330 e. The Morgan fingerprint density at radius 3 is 2.86 bits per heavy atom. The Kier molecular flexibility index (Phi) is 4.77. The van der Waals surface area contributed by atoms with E-state index in [2.05, 4.69) is 21.6 Å². The van der Waals surface area contributed by atoms with Gasteiger partial charge in [0.1, 0.15) is 0 Å². The molecule has 0 radical (unpaired) electrons. The number of aromatic nitrogens is 4. The lowest BCUT2D eigenvalue weighted by molar-refractivity contribution is 0.423. The first-order chi connectivity index (χ1) is 10.3. The summed E-state index contributed by atoms with van der Waals surface area (Å²) in [5.41, 5.74) is 6.66. The zero-order chi connectivity index (χ0) is 14.7. The molecular weight excluding hydrogens is 306 g/mol. The van der Waals surface area contributed by atoms with Gasteiger partial charge in [-0.15, -0.1) is 5.10 Å². The molecule has 2 aromatic rings. The summed E-state index contributed by atoms with van der Waals surface area (Å²) >= 11 is 7.85. The maximum atomic E-state index is 6.29. The Labute approximate surface area is 133 Å². The molecule has 0 atom stereocenters. The van der Waals surface area contributed by atoms with Gasteiger partial charge in [-0.1, -0.05) is 30.5 Å². The molecule has 3 rings (SSSR count). The van der Waals surface area contributed by atoms with E-state index >= 15 is 0 Å². The van der Waals surface area contributed by atoms with Crippen molar-refractivity contribution in [3.8, 4) is 0 Å². The van der Waals surface area contributed by atoms with Crippen LogP contribution >= 0.6 is 23.4 Å². The van der Waals surface area contributed by atoms with E-state index in [0.29, 0.717) is 12.6 Å². The van der Waals surface area contributed by atoms with Gasteiger partial charge in [0.05, 0.1) is 6.04 Å². The number of nitrogens with zero attached hydrogens (tertiary/aromatic N) is 4. The summed E-state index contributed by atoms with van der Waals surface area (Å²) in [6.07, 6.45) is 5.63. The summed E-state index contributed by atoms with van der Waals surface area (Å²) in [6, 6.07) is 6.48. The van der Waals surface area contributed by atoms with Gasteiger partial charge in [-0.25, -0.2) is 4.68 Å². The first kappa shape index (κ1) is 14.8. The van der Waals surface area contributed by atoms with Crippen LogP contribution in [0.1, 0.15) is 37.3 Å². The molecule has 1 aliphatic carbocycles. The van der Waals surface area contributed by atoms with Crippen LogP contribution < -0.4 is 5.73 Å². The smallest absolute Gasteiger partial charge is 0.214 e. The van der Waals surface area contributed by atoms with Gasteiger partial charge in [0.25, 0.3) is 0 Å². The van der Waals surface area contributed by atoms with Crippen molar-refractivity contribution in [1.82, 2.24) is 20.2 Å². The van der Waals surface area contributed by atoms with E-state index in [1.54, 1.807) is 11.8 Å². The van der Waals surface area contributed by atoms with E-state index in [0.717, 1.165) is 39.9 Å². The van der Waals surface area contributed by atoms with Gasteiger partial charge in [-0.05, 0) is 65.7 Å². The van der Waals surface area contributed by atoms with E-state index in [-0.39, 0.29) is 0 Å². The molecule has 1 aliphatic rings. The van der Waals surface area contributed by atoms with Crippen LogP contribution in [0.25, 0.3) is 0 Å². The predicted octanol–water partition coefficient (Wildman–Crippen LogP) is 3.09. The molecule has 0 unspecified atom stereocenters. The van der Waals surface area contributed by atoms with Crippen LogP contribution in [0.15, 0.2) is 28.3 Å². The third kappa shape index (κ3) is 3.39. The van der Waals surface area contributed by atoms with Crippen LogP contribution in [-0.4, -0.2) is 26.8 Å². The molecule has 1 saturated carbocycles. The average molecular weight is 324 g/mol. The topological polar surface area (TPSA) is 69.6 Å². The number of hydrogen-bond donors (Lipinski definition) is 1. The van der Waals surface area contributed by atoms with Gasteiger partial charge in [0, 0.05) is 9.92 Å². The largest absolute Gasteiger partial charge is 0.330 e. The van der Waals surface area contributed by atoms with Crippen molar-refractivity contribution in [2.24, 2.45) is 5.73 Å². The van der Waals surface area contributed by atoms with Gasteiger partial charge in [0.15, 0.2) is 0 Å². The highest BCUT2D eigenvalue weighted by Gasteiger charge is 2.22. The van der Waals surface area contributed by atoms with Crippen LogP contribution in [0.3, 0.4) is 0 Å². The zero-order valence-electron chi connectivity index (χ0n) is 11.7. The van der Waals surface area contributed by atoms with E-state index in [1.807, 2.05) is 16.8 Å². The van der Waals surface area contributed by atoms with E-state index < -0.39 is 0 Å². The summed E-state index contributed by atoms with van der Waals surface area (Å²) < 4.78 is 1.96. The standard InChI is InChI=1S/C14H18ClN5S/c15-13-9-12(6-5-10(13)7-8-16)21-14-17-18-19-20(14)11-3-1-2-4-11/h5-6,9,11H,1-4,7-8,16H2.